The number of carbonyl (C=O) groups excluding carboxylic acids is 2. The summed E-state index contributed by atoms with van der Waals surface area (Å²) < 4.78 is 25.0. The summed E-state index contributed by atoms with van der Waals surface area (Å²) in [6, 6.07) is -2.96. The van der Waals surface area contributed by atoms with E-state index in [4.69, 9.17) is 11.6 Å². The van der Waals surface area contributed by atoms with Gasteiger partial charge in [0.25, 0.3) is 0 Å². The Balaban J connectivity index is 2.71. The van der Waals surface area contributed by atoms with Crippen LogP contribution in [0.3, 0.4) is 0 Å². The zero-order valence-electron chi connectivity index (χ0n) is 6.67. The SMILES string of the molecule is O=C(F)[C@H]1C[C@H](F)CN1C(=O)CCl. The zero-order valence-corrected chi connectivity index (χ0v) is 7.43. The van der Waals surface area contributed by atoms with E-state index in [2.05, 4.69) is 0 Å². The maximum atomic E-state index is 12.7. The Labute approximate surface area is 78.6 Å². The molecule has 0 saturated carbocycles. The fraction of sp³-hybridized carbons (Fsp3) is 0.714. The Hall–Kier alpha value is -0.710. The molecule has 0 bridgehead atoms. The number of likely N-dealkylation sites (tertiary alicyclic amines) is 1. The highest BCUT2D eigenvalue weighted by Gasteiger charge is 2.39. The molecule has 6 heteroatoms. The van der Waals surface area contributed by atoms with Crippen molar-refractivity contribution >= 4 is 23.5 Å². The van der Waals surface area contributed by atoms with Gasteiger partial charge < -0.3 is 4.90 Å². The van der Waals surface area contributed by atoms with Gasteiger partial charge in [-0.05, 0) is 0 Å². The Morgan fingerprint density at radius 2 is 2.15 bits per heavy atom. The van der Waals surface area contributed by atoms with Crippen LogP contribution in [0.25, 0.3) is 0 Å². The highest BCUT2D eigenvalue weighted by atomic mass is 35.5. The van der Waals surface area contributed by atoms with Gasteiger partial charge in [0.05, 0.1) is 6.54 Å². The summed E-state index contributed by atoms with van der Waals surface area (Å²) in [5.74, 6) is -0.978. The Morgan fingerprint density at radius 1 is 1.54 bits per heavy atom. The van der Waals surface area contributed by atoms with E-state index in [1.54, 1.807) is 0 Å². The number of amides is 1. The van der Waals surface area contributed by atoms with Crippen molar-refractivity contribution < 1.29 is 18.4 Å². The van der Waals surface area contributed by atoms with Gasteiger partial charge in [-0.25, -0.2) is 4.39 Å². The minimum Gasteiger partial charge on any atom is -0.326 e. The molecule has 1 amide bonds. The van der Waals surface area contributed by atoms with Crippen LogP contribution in [0, 0.1) is 0 Å². The van der Waals surface area contributed by atoms with Gasteiger partial charge in [-0.3, -0.25) is 9.59 Å². The third-order valence-electron chi connectivity index (χ3n) is 1.95. The quantitative estimate of drug-likeness (QED) is 0.497. The van der Waals surface area contributed by atoms with Crippen molar-refractivity contribution in [2.75, 3.05) is 12.4 Å². The van der Waals surface area contributed by atoms with Gasteiger partial charge in [0, 0.05) is 6.42 Å². The summed E-state index contributed by atoms with van der Waals surface area (Å²) in [4.78, 5) is 22.2. The molecule has 2 atom stereocenters. The van der Waals surface area contributed by atoms with E-state index in [9.17, 15) is 18.4 Å². The van der Waals surface area contributed by atoms with Gasteiger partial charge >= 0.3 is 6.04 Å². The van der Waals surface area contributed by atoms with Crippen molar-refractivity contribution in [3.05, 3.63) is 0 Å². The van der Waals surface area contributed by atoms with Crippen LogP contribution < -0.4 is 0 Å². The molecule has 0 radical (unpaired) electrons. The maximum absolute atomic E-state index is 12.7. The Kier molecular flexibility index (Phi) is 3.19. The van der Waals surface area contributed by atoms with Gasteiger partial charge in [-0.2, -0.15) is 4.39 Å². The molecule has 0 aromatic carbocycles. The lowest BCUT2D eigenvalue weighted by Gasteiger charge is -2.18. The monoisotopic (exact) mass is 211 g/mol. The molecule has 3 nitrogen and oxygen atoms in total. The van der Waals surface area contributed by atoms with Gasteiger partial charge in [-0.15, -0.1) is 11.6 Å². The topological polar surface area (TPSA) is 37.4 Å². The van der Waals surface area contributed by atoms with Crippen molar-refractivity contribution in [2.24, 2.45) is 0 Å². The Bertz CT molecular complexity index is 237. The average molecular weight is 212 g/mol. The standard InChI is InChI=1S/C7H8ClF2NO2/c8-2-6(12)11-3-4(9)1-5(11)7(10)13/h4-5H,1-3H2/t4-,5+/m0/s1. The van der Waals surface area contributed by atoms with Crippen molar-refractivity contribution in [1.29, 1.82) is 0 Å². The average Bonchev–Trinajstić information content (AvgIpc) is 2.46. The number of alkyl halides is 2. The molecule has 1 heterocycles. The molecular formula is C7H8ClF2NO2. The maximum Gasteiger partial charge on any atom is 0.323 e. The largest absolute Gasteiger partial charge is 0.326 e. The van der Waals surface area contributed by atoms with Gasteiger partial charge in [0.1, 0.15) is 18.1 Å². The minimum atomic E-state index is -1.68. The zero-order chi connectivity index (χ0) is 10.0. The van der Waals surface area contributed by atoms with Gasteiger partial charge in [0.15, 0.2) is 0 Å². The van der Waals surface area contributed by atoms with Crippen LogP contribution in [0.15, 0.2) is 0 Å². The molecule has 0 unspecified atom stereocenters. The smallest absolute Gasteiger partial charge is 0.323 e. The summed E-state index contributed by atoms with van der Waals surface area (Å²) in [5.41, 5.74) is 0. The number of nitrogens with zero attached hydrogens (tertiary/aromatic N) is 1. The van der Waals surface area contributed by atoms with Crippen LogP contribution in [0.4, 0.5) is 8.78 Å². The molecule has 0 spiro atoms. The normalized spacial score (nSPS) is 27.8. The first-order valence-electron chi connectivity index (χ1n) is 3.75. The Morgan fingerprint density at radius 3 is 2.62 bits per heavy atom. The molecule has 1 saturated heterocycles. The summed E-state index contributed by atoms with van der Waals surface area (Å²) in [6.45, 7) is -0.244. The fourth-order valence-electron chi connectivity index (χ4n) is 1.35. The summed E-state index contributed by atoms with van der Waals surface area (Å²) in [6.07, 6.45) is -1.60. The molecule has 0 N–H and O–H groups in total. The van der Waals surface area contributed by atoms with E-state index in [1.807, 2.05) is 0 Å². The lowest BCUT2D eigenvalue weighted by Crippen LogP contribution is -2.39. The molecule has 1 aliphatic rings. The van der Waals surface area contributed by atoms with Crippen LogP contribution in [0.5, 0.6) is 0 Å². The lowest BCUT2D eigenvalue weighted by molar-refractivity contribution is -0.141. The molecule has 1 aliphatic heterocycles. The first-order valence-corrected chi connectivity index (χ1v) is 4.28. The van der Waals surface area contributed by atoms with E-state index >= 15 is 0 Å². The van der Waals surface area contributed by atoms with E-state index in [0.29, 0.717) is 0 Å². The van der Waals surface area contributed by atoms with E-state index in [-0.39, 0.29) is 18.8 Å². The fourth-order valence-corrected chi connectivity index (χ4v) is 1.51. The third-order valence-corrected chi connectivity index (χ3v) is 2.18. The number of rotatable bonds is 2. The number of halogens is 3. The second kappa shape index (κ2) is 4.00. The molecule has 0 aliphatic carbocycles. The molecular weight excluding hydrogens is 204 g/mol. The van der Waals surface area contributed by atoms with Crippen LogP contribution >= 0.6 is 11.6 Å². The van der Waals surface area contributed by atoms with Crippen LogP contribution in [0.2, 0.25) is 0 Å². The van der Waals surface area contributed by atoms with E-state index < -0.39 is 24.2 Å². The predicted octanol–water partition coefficient (Wildman–Crippen LogP) is 0.660. The van der Waals surface area contributed by atoms with Crippen molar-refractivity contribution in [2.45, 2.75) is 18.6 Å². The second-order valence-electron chi connectivity index (χ2n) is 2.83. The van der Waals surface area contributed by atoms with E-state index in [1.165, 1.54) is 0 Å². The van der Waals surface area contributed by atoms with Crippen LogP contribution in [-0.4, -0.2) is 41.5 Å². The number of hydrogen-bond donors (Lipinski definition) is 0. The van der Waals surface area contributed by atoms with Gasteiger partial charge in [0.2, 0.25) is 5.91 Å². The third kappa shape index (κ3) is 2.15. The lowest BCUT2D eigenvalue weighted by atomic mass is 10.2. The molecule has 74 valence electrons. The van der Waals surface area contributed by atoms with E-state index in [0.717, 1.165) is 4.90 Å². The summed E-state index contributed by atoms with van der Waals surface area (Å²) in [5, 5.41) is 0. The molecule has 0 aromatic rings. The van der Waals surface area contributed by atoms with Crippen LogP contribution in [-0.2, 0) is 9.59 Å². The second-order valence-corrected chi connectivity index (χ2v) is 3.10. The molecule has 0 aromatic heterocycles. The summed E-state index contributed by atoms with van der Waals surface area (Å²) >= 11 is 5.20. The first kappa shape index (κ1) is 10.4. The van der Waals surface area contributed by atoms with Gasteiger partial charge in [-0.1, -0.05) is 0 Å². The van der Waals surface area contributed by atoms with Crippen LogP contribution in [0.1, 0.15) is 6.42 Å². The highest BCUT2D eigenvalue weighted by molar-refractivity contribution is 6.27. The minimum absolute atomic E-state index is 0.244. The van der Waals surface area contributed by atoms with Crippen molar-refractivity contribution in [3.8, 4) is 0 Å². The number of hydrogen-bond acceptors (Lipinski definition) is 2. The number of carbonyl (C=O) groups is 2. The summed E-state index contributed by atoms with van der Waals surface area (Å²) in [7, 11) is 0. The predicted molar refractivity (Wildman–Crippen MR) is 41.8 cm³/mol. The molecule has 1 rings (SSSR count). The molecule has 1 fully saturated rings. The highest BCUT2D eigenvalue weighted by Crippen LogP contribution is 2.21. The van der Waals surface area contributed by atoms with Crippen molar-refractivity contribution in [1.82, 2.24) is 4.90 Å². The molecule has 13 heavy (non-hydrogen) atoms. The first-order chi connectivity index (χ1) is 6.06. The van der Waals surface area contributed by atoms with Crippen molar-refractivity contribution in [3.63, 3.8) is 0 Å².